The lowest BCUT2D eigenvalue weighted by Crippen LogP contribution is -2.54. The monoisotopic (exact) mass is 270 g/mol. The van der Waals surface area contributed by atoms with E-state index >= 15 is 0 Å². The summed E-state index contributed by atoms with van der Waals surface area (Å²) in [5.74, 6) is -0.453. The van der Waals surface area contributed by atoms with Gasteiger partial charge in [-0.2, -0.15) is 0 Å². The molecule has 1 heterocycles. The molecule has 0 aromatic heterocycles. The van der Waals surface area contributed by atoms with Crippen molar-refractivity contribution in [2.24, 2.45) is 0 Å². The van der Waals surface area contributed by atoms with Crippen LogP contribution in [0.3, 0.4) is 0 Å². The van der Waals surface area contributed by atoms with Crippen LogP contribution in [0.15, 0.2) is 12.2 Å². The van der Waals surface area contributed by atoms with Crippen molar-refractivity contribution in [1.29, 1.82) is 0 Å². The Bertz CT molecular complexity index is 275. The Hall–Kier alpha value is -0.123. The van der Waals surface area contributed by atoms with Crippen LogP contribution in [0.1, 0.15) is 54.9 Å². The first kappa shape index (κ1) is 15.9. The Labute approximate surface area is 114 Å². The Balaban J connectivity index is 3.08. The van der Waals surface area contributed by atoms with E-state index in [0.29, 0.717) is 23.2 Å². The maximum atomic E-state index is 6.75. The van der Waals surface area contributed by atoms with Crippen LogP contribution in [0.5, 0.6) is 0 Å². The van der Waals surface area contributed by atoms with Gasteiger partial charge in [0.1, 0.15) is 0 Å². The first-order valence-electron chi connectivity index (χ1n) is 7.32. The van der Waals surface area contributed by atoms with Crippen molar-refractivity contribution in [3.63, 3.8) is 0 Å². The maximum Gasteiger partial charge on any atom is 0.204 e. The van der Waals surface area contributed by atoms with Gasteiger partial charge in [-0.3, -0.25) is 0 Å². The number of hydrogen-bond acceptors (Lipinski definition) is 2. The molecule has 0 spiro atoms. The van der Waals surface area contributed by atoms with Gasteiger partial charge in [-0.1, -0.05) is 54.5 Å². The van der Waals surface area contributed by atoms with Gasteiger partial charge in [0.2, 0.25) is 8.32 Å². The molecule has 0 saturated heterocycles. The van der Waals surface area contributed by atoms with Crippen LogP contribution < -0.4 is 0 Å². The zero-order chi connectivity index (χ0) is 14.0. The molecule has 1 atom stereocenters. The Kier molecular flexibility index (Phi) is 5.21. The first-order chi connectivity index (χ1) is 8.31. The molecule has 106 valence electrons. The van der Waals surface area contributed by atoms with E-state index < -0.39 is 14.1 Å². The second-order valence-electron chi connectivity index (χ2n) is 6.30. The minimum Gasteiger partial charge on any atom is -0.386 e. The van der Waals surface area contributed by atoms with Gasteiger partial charge in [0.05, 0.1) is 6.61 Å². The van der Waals surface area contributed by atoms with E-state index in [-0.39, 0.29) is 0 Å². The van der Waals surface area contributed by atoms with E-state index in [4.69, 9.17) is 9.16 Å². The molecule has 1 rings (SSSR count). The molecule has 0 fully saturated rings. The van der Waals surface area contributed by atoms with Crippen LogP contribution in [0.4, 0.5) is 0 Å². The van der Waals surface area contributed by atoms with Crippen LogP contribution in [-0.2, 0) is 9.16 Å². The van der Waals surface area contributed by atoms with Gasteiger partial charge >= 0.3 is 0 Å². The third-order valence-corrected chi connectivity index (χ3v) is 10.5. The zero-order valence-electron chi connectivity index (χ0n) is 13.1. The zero-order valence-corrected chi connectivity index (χ0v) is 14.1. The number of ether oxygens (including phenoxy) is 1. The lowest BCUT2D eigenvalue weighted by Gasteiger charge is -2.47. The van der Waals surface area contributed by atoms with E-state index in [1.807, 2.05) is 0 Å². The van der Waals surface area contributed by atoms with Crippen molar-refractivity contribution < 1.29 is 9.16 Å². The van der Waals surface area contributed by atoms with E-state index in [9.17, 15) is 0 Å². The van der Waals surface area contributed by atoms with Crippen LogP contribution >= 0.6 is 0 Å². The average Bonchev–Trinajstić information content (AvgIpc) is 2.73. The minimum atomic E-state index is -1.86. The van der Waals surface area contributed by atoms with Gasteiger partial charge in [0, 0.05) is 6.42 Å². The van der Waals surface area contributed by atoms with Crippen molar-refractivity contribution in [3.05, 3.63) is 12.2 Å². The minimum absolute atomic E-state index is 0.453. The summed E-state index contributed by atoms with van der Waals surface area (Å²) in [4.78, 5) is 0. The van der Waals surface area contributed by atoms with Gasteiger partial charge in [-0.05, 0) is 22.7 Å². The molecule has 0 N–H and O–H groups in total. The van der Waals surface area contributed by atoms with Gasteiger partial charge in [0.25, 0.3) is 0 Å². The number of hydrogen-bond donors (Lipinski definition) is 0. The maximum absolute atomic E-state index is 6.75. The highest BCUT2D eigenvalue weighted by molar-refractivity contribution is 6.77. The van der Waals surface area contributed by atoms with Gasteiger partial charge in [-0.15, -0.1) is 0 Å². The van der Waals surface area contributed by atoms with E-state index in [1.165, 1.54) is 0 Å². The molecule has 0 bridgehead atoms. The van der Waals surface area contributed by atoms with Crippen LogP contribution in [0.2, 0.25) is 16.6 Å². The molecular formula is C15H30O2Si. The van der Waals surface area contributed by atoms with Crippen molar-refractivity contribution in [2.45, 2.75) is 77.3 Å². The summed E-state index contributed by atoms with van der Waals surface area (Å²) in [5, 5.41) is 0. The standard InChI is InChI=1S/C15H30O2Si/c1-8-15(10-9-11-16-15)17-18(12(2)3,13(4)5)14(6)7/h9-10,12-14H,8,11H2,1-7H3. The van der Waals surface area contributed by atoms with E-state index in [1.54, 1.807) is 0 Å². The SMILES string of the molecule is CCC1(O[Si](C(C)C)(C(C)C)C(C)C)C=CCO1. The van der Waals surface area contributed by atoms with Crippen molar-refractivity contribution in [2.75, 3.05) is 6.61 Å². The normalized spacial score (nSPS) is 24.8. The molecule has 0 radical (unpaired) electrons. The molecule has 1 aliphatic heterocycles. The summed E-state index contributed by atoms with van der Waals surface area (Å²) in [5.41, 5.74) is 1.79. The fourth-order valence-corrected chi connectivity index (χ4v) is 9.05. The Morgan fingerprint density at radius 3 is 1.89 bits per heavy atom. The molecule has 0 aromatic rings. The summed E-state index contributed by atoms with van der Waals surface area (Å²) in [6, 6.07) is 0. The molecule has 0 saturated carbocycles. The second-order valence-corrected chi connectivity index (χ2v) is 11.7. The molecule has 2 nitrogen and oxygen atoms in total. The average molecular weight is 270 g/mol. The van der Waals surface area contributed by atoms with Crippen LogP contribution in [0.25, 0.3) is 0 Å². The fraction of sp³-hybridized carbons (Fsp3) is 0.867. The highest BCUT2D eigenvalue weighted by Crippen LogP contribution is 2.46. The largest absolute Gasteiger partial charge is 0.386 e. The molecule has 1 aliphatic rings. The summed E-state index contributed by atoms with van der Waals surface area (Å²) < 4.78 is 12.6. The van der Waals surface area contributed by atoms with Crippen LogP contribution in [0, 0.1) is 0 Å². The predicted molar refractivity (Wildman–Crippen MR) is 80.2 cm³/mol. The summed E-state index contributed by atoms with van der Waals surface area (Å²) in [6.45, 7) is 16.7. The third-order valence-electron chi connectivity index (χ3n) is 4.35. The number of rotatable bonds is 6. The molecule has 18 heavy (non-hydrogen) atoms. The van der Waals surface area contributed by atoms with Crippen LogP contribution in [-0.4, -0.2) is 20.7 Å². The first-order valence-corrected chi connectivity index (χ1v) is 9.46. The summed E-state index contributed by atoms with van der Waals surface area (Å²) >= 11 is 0. The van der Waals surface area contributed by atoms with Gasteiger partial charge < -0.3 is 9.16 Å². The highest BCUT2D eigenvalue weighted by Gasteiger charge is 2.50. The summed E-state index contributed by atoms with van der Waals surface area (Å²) in [6.07, 6.45) is 5.11. The second kappa shape index (κ2) is 5.89. The lowest BCUT2D eigenvalue weighted by molar-refractivity contribution is -0.137. The van der Waals surface area contributed by atoms with E-state index in [2.05, 4.69) is 60.6 Å². The molecule has 3 heteroatoms. The van der Waals surface area contributed by atoms with E-state index in [0.717, 1.165) is 6.42 Å². The smallest absolute Gasteiger partial charge is 0.204 e. The molecule has 0 amide bonds. The van der Waals surface area contributed by atoms with Crippen molar-refractivity contribution >= 4 is 8.32 Å². The Morgan fingerprint density at radius 1 is 1.11 bits per heavy atom. The lowest BCUT2D eigenvalue weighted by atomic mass is 10.2. The molecule has 0 aliphatic carbocycles. The third kappa shape index (κ3) is 2.73. The molecular weight excluding hydrogens is 240 g/mol. The molecule has 1 unspecified atom stereocenters. The molecule has 0 aromatic carbocycles. The van der Waals surface area contributed by atoms with Crippen molar-refractivity contribution in [3.8, 4) is 0 Å². The van der Waals surface area contributed by atoms with Crippen molar-refractivity contribution in [1.82, 2.24) is 0 Å². The van der Waals surface area contributed by atoms with Gasteiger partial charge in [0.15, 0.2) is 5.79 Å². The fourth-order valence-electron chi connectivity index (χ4n) is 3.47. The summed E-state index contributed by atoms with van der Waals surface area (Å²) in [7, 11) is -1.86. The Morgan fingerprint density at radius 2 is 1.61 bits per heavy atom. The quantitative estimate of drug-likeness (QED) is 0.506. The highest BCUT2D eigenvalue weighted by atomic mass is 28.4. The topological polar surface area (TPSA) is 18.5 Å². The predicted octanol–water partition coefficient (Wildman–Crippen LogP) is 4.87. The van der Waals surface area contributed by atoms with Gasteiger partial charge in [-0.25, -0.2) is 0 Å².